The van der Waals surface area contributed by atoms with Crippen molar-refractivity contribution in [2.75, 3.05) is 24.5 Å². The van der Waals surface area contributed by atoms with Gasteiger partial charge in [-0.1, -0.05) is 17.7 Å². The molecule has 1 aromatic rings. The molecule has 18 heavy (non-hydrogen) atoms. The number of nitrogens with two attached hydrogens (primary N) is 1. The van der Waals surface area contributed by atoms with Crippen LogP contribution in [0.2, 0.25) is 5.02 Å². The zero-order valence-electron chi connectivity index (χ0n) is 10.4. The SMILES string of the molecule is CC(N)c1ccc(N2CCNC(=O)CC2)cc1Cl. The van der Waals surface area contributed by atoms with E-state index >= 15 is 0 Å². The first-order valence-corrected chi connectivity index (χ1v) is 6.52. The highest BCUT2D eigenvalue weighted by Gasteiger charge is 2.15. The fourth-order valence-corrected chi connectivity index (χ4v) is 2.45. The summed E-state index contributed by atoms with van der Waals surface area (Å²) >= 11 is 6.22. The molecule has 0 aromatic heterocycles. The lowest BCUT2D eigenvalue weighted by Crippen LogP contribution is -2.28. The van der Waals surface area contributed by atoms with Crippen molar-refractivity contribution in [1.82, 2.24) is 5.32 Å². The number of rotatable bonds is 2. The van der Waals surface area contributed by atoms with E-state index < -0.39 is 0 Å². The van der Waals surface area contributed by atoms with Crippen molar-refractivity contribution >= 4 is 23.2 Å². The van der Waals surface area contributed by atoms with Crippen LogP contribution >= 0.6 is 11.6 Å². The molecule has 1 saturated heterocycles. The molecule has 0 radical (unpaired) electrons. The molecule has 1 atom stereocenters. The third-order valence-electron chi connectivity index (χ3n) is 3.15. The number of benzene rings is 1. The number of hydrogen-bond donors (Lipinski definition) is 2. The standard InChI is InChI=1S/C13H18ClN3O/c1-9(15)11-3-2-10(8-12(11)14)17-6-4-13(18)16-5-7-17/h2-3,8-9H,4-7,15H2,1H3,(H,16,18). The Kier molecular flexibility index (Phi) is 4.09. The summed E-state index contributed by atoms with van der Waals surface area (Å²) in [6.45, 7) is 4.11. The van der Waals surface area contributed by atoms with Crippen LogP contribution in [0.5, 0.6) is 0 Å². The lowest BCUT2D eigenvalue weighted by atomic mass is 10.1. The lowest BCUT2D eigenvalue weighted by molar-refractivity contribution is -0.120. The molecule has 1 unspecified atom stereocenters. The fraction of sp³-hybridized carbons (Fsp3) is 0.462. The van der Waals surface area contributed by atoms with E-state index in [1.165, 1.54) is 0 Å². The molecule has 1 aliphatic heterocycles. The van der Waals surface area contributed by atoms with Gasteiger partial charge in [0.1, 0.15) is 0 Å². The van der Waals surface area contributed by atoms with Crippen molar-refractivity contribution in [3.63, 3.8) is 0 Å². The molecule has 0 aliphatic carbocycles. The lowest BCUT2D eigenvalue weighted by Gasteiger charge is -2.23. The van der Waals surface area contributed by atoms with Crippen LogP contribution in [0.25, 0.3) is 0 Å². The molecule has 1 fully saturated rings. The van der Waals surface area contributed by atoms with Crippen LogP contribution in [-0.4, -0.2) is 25.5 Å². The highest BCUT2D eigenvalue weighted by molar-refractivity contribution is 6.31. The van der Waals surface area contributed by atoms with Gasteiger partial charge in [0.05, 0.1) is 0 Å². The number of anilines is 1. The topological polar surface area (TPSA) is 58.4 Å². The van der Waals surface area contributed by atoms with E-state index in [4.69, 9.17) is 17.3 Å². The Bertz CT molecular complexity index is 448. The van der Waals surface area contributed by atoms with E-state index in [0.29, 0.717) is 18.0 Å². The monoisotopic (exact) mass is 267 g/mol. The van der Waals surface area contributed by atoms with Gasteiger partial charge in [-0.2, -0.15) is 0 Å². The maximum absolute atomic E-state index is 11.3. The molecule has 1 amide bonds. The third-order valence-corrected chi connectivity index (χ3v) is 3.48. The second kappa shape index (κ2) is 5.59. The highest BCUT2D eigenvalue weighted by Crippen LogP contribution is 2.27. The molecule has 4 nitrogen and oxygen atoms in total. The van der Waals surface area contributed by atoms with E-state index in [0.717, 1.165) is 24.3 Å². The summed E-state index contributed by atoms with van der Waals surface area (Å²) in [4.78, 5) is 13.5. The van der Waals surface area contributed by atoms with Crippen molar-refractivity contribution in [1.29, 1.82) is 0 Å². The Morgan fingerprint density at radius 3 is 2.89 bits per heavy atom. The van der Waals surface area contributed by atoms with Crippen molar-refractivity contribution in [3.05, 3.63) is 28.8 Å². The molecule has 2 rings (SSSR count). The van der Waals surface area contributed by atoms with Gasteiger partial charge in [-0.25, -0.2) is 0 Å². The number of amides is 1. The molecule has 0 spiro atoms. The minimum Gasteiger partial charge on any atom is -0.369 e. The summed E-state index contributed by atoms with van der Waals surface area (Å²) in [6, 6.07) is 5.83. The Balaban J connectivity index is 2.18. The van der Waals surface area contributed by atoms with Crippen LogP contribution < -0.4 is 16.0 Å². The van der Waals surface area contributed by atoms with Crippen LogP contribution in [0.1, 0.15) is 24.9 Å². The van der Waals surface area contributed by atoms with Crippen LogP contribution in [0.15, 0.2) is 18.2 Å². The third kappa shape index (κ3) is 2.94. The minimum atomic E-state index is -0.0704. The van der Waals surface area contributed by atoms with Gasteiger partial charge in [0.15, 0.2) is 0 Å². The van der Waals surface area contributed by atoms with Gasteiger partial charge in [0.2, 0.25) is 5.91 Å². The number of carbonyl (C=O) groups excluding carboxylic acids is 1. The van der Waals surface area contributed by atoms with Gasteiger partial charge in [0, 0.05) is 42.8 Å². The average molecular weight is 268 g/mol. The zero-order valence-corrected chi connectivity index (χ0v) is 11.2. The van der Waals surface area contributed by atoms with Crippen LogP contribution in [0.3, 0.4) is 0 Å². The number of carbonyl (C=O) groups is 1. The summed E-state index contributed by atoms with van der Waals surface area (Å²) < 4.78 is 0. The van der Waals surface area contributed by atoms with E-state index in [-0.39, 0.29) is 11.9 Å². The second-order valence-electron chi connectivity index (χ2n) is 4.58. The molecular weight excluding hydrogens is 250 g/mol. The maximum Gasteiger partial charge on any atom is 0.221 e. The largest absolute Gasteiger partial charge is 0.369 e. The van der Waals surface area contributed by atoms with Gasteiger partial charge < -0.3 is 16.0 Å². The van der Waals surface area contributed by atoms with Crippen LogP contribution in [-0.2, 0) is 4.79 Å². The molecule has 5 heteroatoms. The number of hydrogen-bond acceptors (Lipinski definition) is 3. The van der Waals surface area contributed by atoms with Gasteiger partial charge in [-0.05, 0) is 24.6 Å². The Labute approximate surface area is 112 Å². The molecular formula is C13H18ClN3O. The first-order chi connectivity index (χ1) is 8.58. The molecule has 1 heterocycles. The smallest absolute Gasteiger partial charge is 0.221 e. The minimum absolute atomic E-state index is 0.0704. The van der Waals surface area contributed by atoms with E-state index in [9.17, 15) is 4.79 Å². The van der Waals surface area contributed by atoms with Crippen molar-refractivity contribution in [3.8, 4) is 0 Å². The van der Waals surface area contributed by atoms with Crippen LogP contribution in [0.4, 0.5) is 5.69 Å². The molecule has 1 aliphatic rings. The molecule has 0 saturated carbocycles. The molecule has 0 bridgehead atoms. The summed E-state index contributed by atoms with van der Waals surface area (Å²) in [5.74, 6) is 0.107. The van der Waals surface area contributed by atoms with Gasteiger partial charge in [0.25, 0.3) is 0 Å². The molecule has 98 valence electrons. The van der Waals surface area contributed by atoms with Crippen molar-refractivity contribution in [2.24, 2.45) is 5.73 Å². The Morgan fingerprint density at radius 1 is 1.44 bits per heavy atom. The Morgan fingerprint density at radius 2 is 2.22 bits per heavy atom. The predicted molar refractivity (Wildman–Crippen MR) is 73.9 cm³/mol. The maximum atomic E-state index is 11.3. The average Bonchev–Trinajstić information content (AvgIpc) is 2.53. The van der Waals surface area contributed by atoms with Crippen molar-refractivity contribution < 1.29 is 4.79 Å². The summed E-state index contributed by atoms with van der Waals surface area (Å²) in [5.41, 5.74) is 7.82. The number of nitrogens with zero attached hydrogens (tertiary/aromatic N) is 1. The van der Waals surface area contributed by atoms with E-state index in [1.807, 2.05) is 25.1 Å². The fourth-order valence-electron chi connectivity index (χ4n) is 2.11. The first-order valence-electron chi connectivity index (χ1n) is 6.14. The number of halogens is 1. The molecule has 3 N–H and O–H groups in total. The van der Waals surface area contributed by atoms with E-state index in [1.54, 1.807) is 0 Å². The van der Waals surface area contributed by atoms with Crippen molar-refractivity contribution in [2.45, 2.75) is 19.4 Å². The summed E-state index contributed by atoms with van der Waals surface area (Å²) in [7, 11) is 0. The normalized spacial score (nSPS) is 18.2. The number of nitrogens with one attached hydrogen (secondary N) is 1. The van der Waals surface area contributed by atoms with Gasteiger partial charge in [-0.3, -0.25) is 4.79 Å². The quantitative estimate of drug-likeness (QED) is 0.857. The van der Waals surface area contributed by atoms with Crippen LogP contribution in [0, 0.1) is 0 Å². The summed E-state index contributed by atoms with van der Waals surface area (Å²) in [5, 5.41) is 3.54. The van der Waals surface area contributed by atoms with E-state index in [2.05, 4.69) is 10.2 Å². The van der Waals surface area contributed by atoms with Gasteiger partial charge in [-0.15, -0.1) is 0 Å². The zero-order chi connectivity index (χ0) is 13.1. The van der Waals surface area contributed by atoms with Gasteiger partial charge >= 0.3 is 0 Å². The Hall–Kier alpha value is -1.26. The molecule has 1 aromatic carbocycles. The summed E-state index contributed by atoms with van der Waals surface area (Å²) in [6.07, 6.45) is 0.520. The predicted octanol–water partition coefficient (Wildman–Crippen LogP) is 1.69. The first kappa shape index (κ1) is 13.2. The second-order valence-corrected chi connectivity index (χ2v) is 4.99. The highest BCUT2D eigenvalue weighted by atomic mass is 35.5.